The highest BCUT2D eigenvalue weighted by Crippen LogP contribution is 2.30. The molecule has 1 aromatic rings. The highest BCUT2D eigenvalue weighted by Gasteiger charge is 2.39. The number of anilines is 1. The number of fused-ring (bicyclic) bond motifs is 1. The van der Waals surface area contributed by atoms with Crippen LogP contribution < -0.4 is 10.2 Å². The Kier molecular flexibility index (Phi) is 4.37. The number of amides is 1. The van der Waals surface area contributed by atoms with E-state index in [9.17, 15) is 9.90 Å². The first-order valence-corrected chi connectivity index (χ1v) is 9.40. The number of hydrogen-bond donors (Lipinski definition) is 2. The molecule has 0 radical (unpaired) electrons. The molecule has 7 heteroatoms. The highest BCUT2D eigenvalue weighted by molar-refractivity contribution is 5.96. The molecule has 3 aliphatic rings. The number of rotatable bonds is 3. The van der Waals surface area contributed by atoms with Crippen LogP contribution in [0.15, 0.2) is 0 Å². The molecular formula is C18H27N5O2. The van der Waals surface area contributed by atoms with Crippen LogP contribution in [0.2, 0.25) is 0 Å². The van der Waals surface area contributed by atoms with Gasteiger partial charge in [0.1, 0.15) is 17.3 Å². The average Bonchev–Trinajstić information content (AvgIpc) is 3.23. The minimum Gasteiger partial charge on any atom is -0.390 e. The number of carbonyl (C=O) groups is 1. The zero-order chi connectivity index (χ0) is 17.6. The number of nitrogens with one attached hydrogen (secondary N) is 1. The van der Waals surface area contributed by atoms with Crippen molar-refractivity contribution in [3.8, 4) is 0 Å². The second-order valence-corrected chi connectivity index (χ2v) is 7.68. The van der Waals surface area contributed by atoms with Gasteiger partial charge in [0.15, 0.2) is 0 Å². The van der Waals surface area contributed by atoms with E-state index in [0.717, 1.165) is 37.4 Å². The molecule has 136 valence electrons. The van der Waals surface area contributed by atoms with E-state index in [1.807, 2.05) is 13.8 Å². The van der Waals surface area contributed by atoms with Gasteiger partial charge in [0.05, 0.1) is 12.1 Å². The number of carbonyl (C=O) groups excluding carboxylic acids is 1. The second-order valence-electron chi connectivity index (χ2n) is 7.68. The second kappa shape index (κ2) is 6.53. The summed E-state index contributed by atoms with van der Waals surface area (Å²) in [6.07, 6.45) is 2.80. The Balaban J connectivity index is 1.68. The van der Waals surface area contributed by atoms with Gasteiger partial charge < -0.3 is 15.3 Å². The van der Waals surface area contributed by atoms with E-state index >= 15 is 0 Å². The predicted molar refractivity (Wildman–Crippen MR) is 95.0 cm³/mol. The Labute approximate surface area is 148 Å². The van der Waals surface area contributed by atoms with Crippen LogP contribution in [0.25, 0.3) is 0 Å². The van der Waals surface area contributed by atoms with E-state index in [0.29, 0.717) is 24.6 Å². The largest absolute Gasteiger partial charge is 0.390 e. The molecule has 0 saturated carbocycles. The predicted octanol–water partition coefficient (Wildman–Crippen LogP) is 0.531. The van der Waals surface area contributed by atoms with Gasteiger partial charge in [-0.25, -0.2) is 9.97 Å². The zero-order valence-electron chi connectivity index (χ0n) is 15.0. The first kappa shape index (κ1) is 16.7. The molecule has 0 unspecified atom stereocenters. The minimum absolute atomic E-state index is 0.109. The maximum Gasteiger partial charge on any atom is 0.270 e. The van der Waals surface area contributed by atoms with Gasteiger partial charge in [0, 0.05) is 31.1 Å². The summed E-state index contributed by atoms with van der Waals surface area (Å²) in [6, 6.07) is 0.160. The summed E-state index contributed by atoms with van der Waals surface area (Å²) in [5.41, 5.74) is 1.45. The molecule has 0 aromatic carbocycles. The summed E-state index contributed by atoms with van der Waals surface area (Å²) in [4.78, 5) is 26.2. The number of hydrogen-bond acceptors (Lipinski definition) is 6. The van der Waals surface area contributed by atoms with Crippen molar-refractivity contribution in [3.05, 3.63) is 17.1 Å². The molecule has 2 saturated heterocycles. The van der Waals surface area contributed by atoms with Gasteiger partial charge in [-0.3, -0.25) is 9.69 Å². The van der Waals surface area contributed by atoms with Crippen LogP contribution in [0.1, 0.15) is 54.5 Å². The lowest BCUT2D eigenvalue weighted by atomic mass is 10.0. The zero-order valence-corrected chi connectivity index (χ0v) is 15.0. The summed E-state index contributed by atoms with van der Waals surface area (Å²) in [5, 5.41) is 13.5. The molecule has 7 nitrogen and oxygen atoms in total. The fourth-order valence-corrected chi connectivity index (χ4v) is 4.19. The van der Waals surface area contributed by atoms with Gasteiger partial charge in [0.2, 0.25) is 0 Å². The minimum atomic E-state index is -0.372. The lowest BCUT2D eigenvalue weighted by molar-refractivity contribution is 0.0939. The van der Waals surface area contributed by atoms with E-state index < -0.39 is 0 Å². The third kappa shape index (κ3) is 3.00. The van der Waals surface area contributed by atoms with Crippen molar-refractivity contribution >= 4 is 11.7 Å². The molecule has 4 rings (SSSR count). The molecule has 3 aliphatic heterocycles. The topological polar surface area (TPSA) is 81.6 Å². The van der Waals surface area contributed by atoms with Crippen molar-refractivity contribution in [1.82, 2.24) is 20.2 Å². The van der Waals surface area contributed by atoms with Crippen molar-refractivity contribution in [3.63, 3.8) is 0 Å². The van der Waals surface area contributed by atoms with E-state index in [2.05, 4.69) is 20.1 Å². The molecule has 4 heterocycles. The van der Waals surface area contributed by atoms with Crippen molar-refractivity contribution < 1.29 is 9.90 Å². The van der Waals surface area contributed by atoms with Gasteiger partial charge in [-0.2, -0.15) is 0 Å². The maximum atomic E-state index is 12.3. The number of aliphatic hydroxyl groups excluding tert-OH is 1. The van der Waals surface area contributed by atoms with Crippen LogP contribution in [0.5, 0.6) is 0 Å². The van der Waals surface area contributed by atoms with Crippen LogP contribution in [0, 0.1) is 0 Å². The molecular weight excluding hydrogens is 318 g/mol. The van der Waals surface area contributed by atoms with Gasteiger partial charge in [-0.1, -0.05) is 13.8 Å². The van der Waals surface area contributed by atoms with Crippen LogP contribution in [0.4, 0.5) is 5.82 Å². The smallest absolute Gasteiger partial charge is 0.270 e. The summed E-state index contributed by atoms with van der Waals surface area (Å²) in [5.74, 6) is 1.59. The fraction of sp³-hybridized carbons (Fsp3) is 0.722. The number of aliphatic hydroxyl groups is 1. The maximum absolute atomic E-state index is 12.3. The van der Waals surface area contributed by atoms with Crippen LogP contribution in [0.3, 0.4) is 0 Å². The van der Waals surface area contributed by atoms with Crippen LogP contribution in [-0.4, -0.2) is 70.8 Å². The molecule has 1 aromatic heterocycles. The molecule has 25 heavy (non-hydrogen) atoms. The van der Waals surface area contributed by atoms with Gasteiger partial charge >= 0.3 is 0 Å². The fourth-order valence-electron chi connectivity index (χ4n) is 4.19. The van der Waals surface area contributed by atoms with Crippen molar-refractivity contribution in [2.24, 2.45) is 0 Å². The lowest BCUT2D eigenvalue weighted by Gasteiger charge is -2.27. The molecule has 2 fully saturated rings. The van der Waals surface area contributed by atoms with Crippen molar-refractivity contribution in [2.75, 3.05) is 37.6 Å². The number of nitrogens with zero attached hydrogens (tertiary/aromatic N) is 4. The SMILES string of the molecule is CC(C)c1nc2c(c(N3C[C@H](O)[C@@H](N4CCCC4)C3)n1)CCNC2=O. The molecule has 1 amide bonds. The molecule has 2 atom stereocenters. The lowest BCUT2D eigenvalue weighted by Crippen LogP contribution is -2.41. The Bertz CT molecular complexity index is 672. The van der Waals surface area contributed by atoms with Gasteiger partial charge in [0.25, 0.3) is 5.91 Å². The highest BCUT2D eigenvalue weighted by atomic mass is 16.3. The molecule has 0 aliphatic carbocycles. The normalized spacial score (nSPS) is 27.0. The number of β-amino-alcohol motifs (C(OH)–C–C–N with tert-alkyl or cyclic N) is 1. The van der Waals surface area contributed by atoms with E-state index in [4.69, 9.17) is 4.98 Å². The van der Waals surface area contributed by atoms with E-state index in [1.165, 1.54) is 12.8 Å². The van der Waals surface area contributed by atoms with Crippen molar-refractivity contribution in [1.29, 1.82) is 0 Å². The average molecular weight is 345 g/mol. The summed E-state index contributed by atoms with van der Waals surface area (Å²) in [7, 11) is 0. The quantitative estimate of drug-likeness (QED) is 0.832. The first-order chi connectivity index (χ1) is 12.0. The van der Waals surface area contributed by atoms with Gasteiger partial charge in [-0.15, -0.1) is 0 Å². The van der Waals surface area contributed by atoms with E-state index in [1.54, 1.807) is 0 Å². The summed E-state index contributed by atoms with van der Waals surface area (Å²) >= 11 is 0. The van der Waals surface area contributed by atoms with Crippen LogP contribution >= 0.6 is 0 Å². The van der Waals surface area contributed by atoms with Gasteiger partial charge in [-0.05, 0) is 32.4 Å². The Morgan fingerprint density at radius 1 is 1.20 bits per heavy atom. The van der Waals surface area contributed by atoms with Crippen molar-refractivity contribution in [2.45, 2.75) is 51.2 Å². The Morgan fingerprint density at radius 2 is 1.96 bits per heavy atom. The number of aromatic nitrogens is 2. The monoisotopic (exact) mass is 345 g/mol. The third-order valence-electron chi connectivity index (χ3n) is 5.56. The first-order valence-electron chi connectivity index (χ1n) is 9.40. The van der Waals surface area contributed by atoms with Crippen LogP contribution in [-0.2, 0) is 6.42 Å². The third-order valence-corrected chi connectivity index (χ3v) is 5.56. The standard InChI is InChI=1S/C18H27N5O2/c1-11(2)16-20-15-12(5-6-19-18(15)25)17(21-16)23-9-13(14(24)10-23)22-7-3-4-8-22/h11,13-14,24H,3-10H2,1-2H3,(H,19,25)/t13-,14-/m0/s1. The van der Waals surface area contributed by atoms with E-state index in [-0.39, 0.29) is 24.0 Å². The Morgan fingerprint density at radius 3 is 2.68 bits per heavy atom. The number of likely N-dealkylation sites (tertiary alicyclic amines) is 1. The summed E-state index contributed by atoms with van der Waals surface area (Å²) in [6.45, 7) is 8.17. The molecule has 0 bridgehead atoms. The summed E-state index contributed by atoms with van der Waals surface area (Å²) < 4.78 is 0. The Hall–Kier alpha value is -1.73. The molecule has 0 spiro atoms. The molecule has 2 N–H and O–H groups in total.